The van der Waals surface area contributed by atoms with E-state index >= 15 is 0 Å². The molecule has 1 atom stereocenters. The van der Waals surface area contributed by atoms with E-state index in [0.29, 0.717) is 31.2 Å². The van der Waals surface area contributed by atoms with Gasteiger partial charge in [0, 0.05) is 13.1 Å². The average Bonchev–Trinajstić information content (AvgIpc) is 3.50. The van der Waals surface area contributed by atoms with Gasteiger partial charge in [0.05, 0.1) is 11.5 Å². The van der Waals surface area contributed by atoms with E-state index in [4.69, 9.17) is 18.7 Å². The second kappa shape index (κ2) is 17.2. The van der Waals surface area contributed by atoms with E-state index in [0.717, 1.165) is 11.1 Å². The first-order valence-electron chi connectivity index (χ1n) is 8.94. The Bertz CT molecular complexity index is 835. The first-order valence-corrected chi connectivity index (χ1v) is 10.4. The number of rotatable bonds is 2. The summed E-state index contributed by atoms with van der Waals surface area (Å²) in [5, 5.41) is 0. The fourth-order valence-electron chi connectivity index (χ4n) is 3.07. The zero-order valence-corrected chi connectivity index (χ0v) is 21.5. The van der Waals surface area contributed by atoms with Crippen LogP contribution < -0.4 is 0 Å². The molecule has 7 nitrogen and oxygen atoms in total. The van der Waals surface area contributed by atoms with Crippen LogP contribution >= 0.6 is 0 Å². The van der Waals surface area contributed by atoms with Gasteiger partial charge >= 0.3 is 55.0 Å². The van der Waals surface area contributed by atoms with Crippen LogP contribution in [-0.2, 0) is 49.8 Å². The van der Waals surface area contributed by atoms with Gasteiger partial charge in [0.25, 0.3) is 0 Å². The molecule has 0 spiro atoms. The van der Waals surface area contributed by atoms with Crippen molar-refractivity contribution in [2.75, 3.05) is 26.3 Å². The van der Waals surface area contributed by atoms with Crippen LogP contribution in [0.15, 0.2) is 34.7 Å². The molecule has 2 aliphatic heterocycles. The smallest absolute Gasteiger partial charge is 0.0312 e. The van der Waals surface area contributed by atoms with E-state index in [1.165, 1.54) is 4.31 Å². The summed E-state index contributed by atoms with van der Waals surface area (Å²) in [5.41, 5.74) is 1.88. The standard InChI is InChI=1S/C15H18NO3S.C5H5.3CO.W/c1-12-3-5-14(6-4-12)20(17,18)16-9-13-7-8-19-11-15(13,2)10-16;1-2-4-5-3-1;3*1-2;/h3-6H,8-11H2,1-2H3;1-5H;;;;/q-1;;;;;+2. The maximum atomic E-state index is 12.7. The largest absolute Gasteiger partial charge is 2.00 e. The summed E-state index contributed by atoms with van der Waals surface area (Å²) in [6, 6.07) is 6.99. The van der Waals surface area contributed by atoms with Gasteiger partial charge in [-0.2, -0.15) is 4.31 Å². The molecule has 9 heteroatoms. The fourth-order valence-corrected chi connectivity index (χ4v) is 4.61. The van der Waals surface area contributed by atoms with Gasteiger partial charge in [0.15, 0.2) is 0 Å². The maximum absolute atomic E-state index is 12.7. The first-order chi connectivity index (χ1) is 14.9. The molecule has 3 aliphatic rings. The van der Waals surface area contributed by atoms with E-state index in [2.05, 4.69) is 26.0 Å². The van der Waals surface area contributed by atoms with Crippen molar-refractivity contribution in [2.24, 2.45) is 5.41 Å². The molecule has 0 aromatic heterocycles. The minimum Gasteiger partial charge on any atom is -0.0312 e. The molecule has 0 amide bonds. The Morgan fingerprint density at radius 2 is 1.44 bits per heavy atom. The SMILES string of the molecule is Cc1ccc(S(=O)(=O)N2CC3=[C-]COCC3(C)C2)cc1.[C-]#[O+].[C-]#[O+].[C-]#[O+].[CH]1[CH][CH][CH][CH]1.[W+2]. The second-order valence-corrected chi connectivity index (χ2v) is 8.70. The van der Waals surface area contributed by atoms with E-state index in [-0.39, 0.29) is 26.5 Å². The molecule has 167 valence electrons. The third-order valence-electron chi connectivity index (χ3n) is 4.61. The number of sulfonamides is 1. The van der Waals surface area contributed by atoms with Crippen molar-refractivity contribution in [3.63, 3.8) is 0 Å². The topological polar surface area (TPSA) is 106 Å². The average molecular weight is 625 g/mol. The molecule has 1 aromatic carbocycles. The normalized spacial score (nSPS) is 20.9. The van der Waals surface area contributed by atoms with Crippen LogP contribution in [0.25, 0.3) is 0 Å². The van der Waals surface area contributed by atoms with Crippen LogP contribution in [0.3, 0.4) is 0 Å². The van der Waals surface area contributed by atoms with Gasteiger partial charge < -0.3 is 10.8 Å². The molecule has 1 saturated heterocycles. The number of nitrogens with zero attached hydrogens (tertiary/aromatic N) is 1. The summed E-state index contributed by atoms with van der Waals surface area (Å²) >= 11 is 0. The van der Waals surface area contributed by atoms with E-state index in [1.54, 1.807) is 12.1 Å². The van der Waals surface area contributed by atoms with Crippen molar-refractivity contribution in [3.8, 4) is 0 Å². The van der Waals surface area contributed by atoms with Crippen molar-refractivity contribution < 1.29 is 48.2 Å². The van der Waals surface area contributed by atoms with Crippen LogP contribution in [0.2, 0.25) is 0 Å². The van der Waals surface area contributed by atoms with E-state index in [1.807, 2.05) is 58.1 Å². The Hall–Kier alpha value is -1.26. The number of benzene rings is 1. The van der Waals surface area contributed by atoms with Crippen LogP contribution in [0.4, 0.5) is 0 Å². The zero-order chi connectivity index (χ0) is 23.9. The summed E-state index contributed by atoms with van der Waals surface area (Å²) in [6.07, 6.45) is 13.2. The van der Waals surface area contributed by atoms with Crippen LogP contribution in [0.5, 0.6) is 0 Å². The van der Waals surface area contributed by atoms with Crippen molar-refractivity contribution >= 4 is 10.0 Å². The molecular formula is C23H23NO6SW+. The number of hydrogen-bond acceptors (Lipinski definition) is 3. The Morgan fingerprint density at radius 1 is 0.969 bits per heavy atom. The summed E-state index contributed by atoms with van der Waals surface area (Å²) in [7, 11) is -3.43. The third kappa shape index (κ3) is 9.31. The van der Waals surface area contributed by atoms with Gasteiger partial charge in [0.2, 0.25) is 10.0 Å². The Balaban J connectivity index is 0. The molecule has 1 aromatic rings. The molecular weight excluding hydrogens is 602 g/mol. The summed E-state index contributed by atoms with van der Waals surface area (Å²) in [4.78, 5) is 0.354. The zero-order valence-electron chi connectivity index (χ0n) is 17.7. The molecule has 0 N–H and O–H groups in total. The summed E-state index contributed by atoms with van der Waals surface area (Å²) in [6.45, 7) is 19.4. The third-order valence-corrected chi connectivity index (χ3v) is 6.42. The molecule has 4 rings (SSSR count). The van der Waals surface area contributed by atoms with Gasteiger partial charge in [-0.3, -0.25) is 0 Å². The van der Waals surface area contributed by atoms with Crippen LogP contribution in [0.1, 0.15) is 12.5 Å². The van der Waals surface area contributed by atoms with E-state index < -0.39 is 10.0 Å². The van der Waals surface area contributed by atoms with Gasteiger partial charge in [-0.05, 0) is 56.6 Å². The number of hydrogen-bond donors (Lipinski definition) is 0. The molecule has 2 fully saturated rings. The van der Waals surface area contributed by atoms with E-state index in [9.17, 15) is 8.42 Å². The number of ether oxygens (including phenoxy) is 1. The molecule has 2 heterocycles. The van der Waals surface area contributed by atoms with Gasteiger partial charge in [-0.25, -0.2) is 14.0 Å². The maximum Gasteiger partial charge on any atom is 2.00 e. The van der Waals surface area contributed by atoms with Crippen molar-refractivity contribution in [1.82, 2.24) is 4.31 Å². The molecule has 1 aliphatic carbocycles. The van der Waals surface area contributed by atoms with Gasteiger partial charge in [-0.15, -0.1) is 0 Å². The first kappa shape index (κ1) is 32.9. The predicted octanol–water partition coefficient (Wildman–Crippen LogP) is 2.67. The van der Waals surface area contributed by atoms with Crippen molar-refractivity contribution in [1.29, 1.82) is 0 Å². The van der Waals surface area contributed by atoms with Crippen LogP contribution in [-0.4, -0.2) is 39.0 Å². The number of fused-ring (bicyclic) bond motifs is 1. The molecule has 1 unspecified atom stereocenters. The summed E-state index contributed by atoms with van der Waals surface area (Å²) in [5.74, 6) is 0. The minimum atomic E-state index is -3.43. The van der Waals surface area contributed by atoms with Crippen molar-refractivity contribution in [2.45, 2.75) is 18.7 Å². The minimum absolute atomic E-state index is 0. The monoisotopic (exact) mass is 625 g/mol. The van der Waals surface area contributed by atoms with Crippen LogP contribution in [0, 0.1) is 70.5 Å². The molecule has 5 radical (unpaired) electrons. The molecule has 0 bridgehead atoms. The molecule has 1 saturated carbocycles. The second-order valence-electron chi connectivity index (χ2n) is 6.76. The summed E-state index contributed by atoms with van der Waals surface area (Å²) < 4.78 is 54.8. The Labute approximate surface area is 206 Å². The Kier molecular flexibility index (Phi) is 17.7. The van der Waals surface area contributed by atoms with Crippen molar-refractivity contribution in [3.05, 3.63) is 93.5 Å². The molecule has 32 heavy (non-hydrogen) atoms. The predicted molar refractivity (Wildman–Crippen MR) is 109 cm³/mol. The quantitative estimate of drug-likeness (QED) is 0.373. The number of aryl methyl sites for hydroxylation is 1. The van der Waals surface area contributed by atoms with Gasteiger partial charge in [0.1, 0.15) is 0 Å². The van der Waals surface area contributed by atoms with Gasteiger partial charge in [-0.1, -0.05) is 31.2 Å². The Morgan fingerprint density at radius 3 is 1.88 bits per heavy atom. The fraction of sp³-hybridized carbons (Fsp3) is 0.304.